The quantitative estimate of drug-likeness (QED) is 0.831. The third-order valence-electron chi connectivity index (χ3n) is 2.57. The molecule has 2 aromatic rings. The fraction of sp³-hybridized carbons (Fsp3) is 0.143. The first kappa shape index (κ1) is 12.2. The summed E-state index contributed by atoms with van der Waals surface area (Å²) >= 11 is 0. The van der Waals surface area contributed by atoms with Crippen LogP contribution < -0.4 is 0 Å². The van der Waals surface area contributed by atoms with Gasteiger partial charge >= 0.3 is 0 Å². The minimum absolute atomic E-state index is 0.143. The number of carbonyl (C=O) groups is 1. The van der Waals surface area contributed by atoms with Crippen molar-refractivity contribution in [3.8, 4) is 0 Å². The van der Waals surface area contributed by atoms with E-state index < -0.39 is 11.7 Å². The molecule has 18 heavy (non-hydrogen) atoms. The van der Waals surface area contributed by atoms with Gasteiger partial charge in [0.25, 0.3) is 5.91 Å². The molecule has 0 aliphatic carbocycles. The second-order valence-electron chi connectivity index (χ2n) is 3.98. The summed E-state index contributed by atoms with van der Waals surface area (Å²) in [6.07, 6.45) is 1.41. The highest BCUT2D eigenvalue weighted by Gasteiger charge is 2.17. The van der Waals surface area contributed by atoms with Crippen LogP contribution in [0.15, 0.2) is 48.7 Å². The minimum Gasteiger partial charge on any atom is -0.336 e. The monoisotopic (exact) mass is 244 g/mol. The van der Waals surface area contributed by atoms with E-state index in [0.717, 1.165) is 5.56 Å². The second-order valence-corrected chi connectivity index (χ2v) is 3.98. The van der Waals surface area contributed by atoms with Gasteiger partial charge in [0.1, 0.15) is 0 Å². The van der Waals surface area contributed by atoms with Gasteiger partial charge in [0.05, 0.1) is 0 Å². The van der Waals surface area contributed by atoms with Crippen LogP contribution in [0.1, 0.15) is 16.1 Å². The molecule has 3 nitrogen and oxygen atoms in total. The summed E-state index contributed by atoms with van der Waals surface area (Å²) in [5.74, 6) is -1.01. The molecule has 0 aliphatic rings. The molecular formula is C14H13FN2O. The molecule has 0 unspecified atom stereocenters. The van der Waals surface area contributed by atoms with Crippen molar-refractivity contribution in [2.24, 2.45) is 0 Å². The average Bonchev–Trinajstić information content (AvgIpc) is 2.39. The molecule has 92 valence electrons. The van der Waals surface area contributed by atoms with Crippen molar-refractivity contribution in [2.75, 3.05) is 7.05 Å². The molecule has 1 aromatic carbocycles. The summed E-state index contributed by atoms with van der Waals surface area (Å²) in [6.45, 7) is 0.426. The van der Waals surface area contributed by atoms with Crippen molar-refractivity contribution >= 4 is 5.91 Å². The van der Waals surface area contributed by atoms with Crippen LogP contribution in [0.5, 0.6) is 0 Å². The van der Waals surface area contributed by atoms with E-state index in [1.54, 1.807) is 7.05 Å². The van der Waals surface area contributed by atoms with Gasteiger partial charge in [0.15, 0.2) is 11.5 Å². The highest BCUT2D eigenvalue weighted by Crippen LogP contribution is 2.09. The zero-order valence-electron chi connectivity index (χ0n) is 10.0. The Labute approximate surface area is 105 Å². The van der Waals surface area contributed by atoms with Crippen molar-refractivity contribution in [1.29, 1.82) is 0 Å². The van der Waals surface area contributed by atoms with Crippen molar-refractivity contribution in [3.05, 3.63) is 65.7 Å². The van der Waals surface area contributed by atoms with Crippen LogP contribution in [-0.4, -0.2) is 22.8 Å². The van der Waals surface area contributed by atoms with Crippen molar-refractivity contribution < 1.29 is 9.18 Å². The number of hydrogen-bond donors (Lipinski definition) is 0. The molecule has 0 radical (unpaired) electrons. The Morgan fingerprint density at radius 1 is 1.22 bits per heavy atom. The Hall–Kier alpha value is -2.23. The van der Waals surface area contributed by atoms with Crippen LogP contribution >= 0.6 is 0 Å². The number of pyridine rings is 1. The summed E-state index contributed by atoms with van der Waals surface area (Å²) in [5, 5.41) is 0. The maximum absolute atomic E-state index is 13.4. The predicted octanol–water partition coefficient (Wildman–Crippen LogP) is 2.49. The molecule has 1 amide bonds. The van der Waals surface area contributed by atoms with Crippen LogP contribution in [0.25, 0.3) is 0 Å². The Balaban J connectivity index is 2.13. The van der Waals surface area contributed by atoms with Crippen LogP contribution in [0.3, 0.4) is 0 Å². The average molecular weight is 244 g/mol. The fourth-order valence-corrected chi connectivity index (χ4v) is 1.65. The number of nitrogens with zero attached hydrogens (tertiary/aromatic N) is 2. The Bertz CT molecular complexity index is 543. The first-order valence-corrected chi connectivity index (χ1v) is 5.58. The molecule has 1 aromatic heterocycles. The number of aromatic nitrogens is 1. The van der Waals surface area contributed by atoms with Crippen molar-refractivity contribution in [2.45, 2.75) is 6.54 Å². The van der Waals surface area contributed by atoms with E-state index in [-0.39, 0.29) is 5.69 Å². The molecule has 0 aliphatic heterocycles. The summed E-state index contributed by atoms with van der Waals surface area (Å²) in [4.78, 5) is 17.2. The van der Waals surface area contributed by atoms with Gasteiger partial charge < -0.3 is 4.90 Å². The highest BCUT2D eigenvalue weighted by atomic mass is 19.1. The maximum atomic E-state index is 13.4. The van der Waals surface area contributed by atoms with Crippen LogP contribution in [0.4, 0.5) is 4.39 Å². The highest BCUT2D eigenvalue weighted by molar-refractivity contribution is 5.92. The summed E-state index contributed by atoms with van der Waals surface area (Å²) in [6, 6.07) is 12.2. The molecule has 1 heterocycles. The standard InChI is InChI=1S/C14H13FN2O/c1-17(10-11-6-3-2-4-7-11)14(18)13-12(15)8-5-9-16-13/h2-9H,10H2,1H3. The van der Waals surface area contributed by atoms with Crippen molar-refractivity contribution in [3.63, 3.8) is 0 Å². The van der Waals surface area contributed by atoms with Crippen LogP contribution in [0, 0.1) is 5.82 Å². The lowest BCUT2D eigenvalue weighted by Gasteiger charge is -2.16. The van der Waals surface area contributed by atoms with Gasteiger partial charge in [0, 0.05) is 19.8 Å². The number of halogens is 1. The molecule has 2 rings (SSSR count). The lowest BCUT2D eigenvalue weighted by molar-refractivity contribution is 0.0774. The van der Waals surface area contributed by atoms with E-state index in [1.807, 2.05) is 30.3 Å². The van der Waals surface area contributed by atoms with E-state index in [1.165, 1.54) is 23.2 Å². The third kappa shape index (κ3) is 2.71. The molecule has 0 N–H and O–H groups in total. The first-order chi connectivity index (χ1) is 8.68. The van der Waals surface area contributed by atoms with Crippen LogP contribution in [-0.2, 0) is 6.54 Å². The topological polar surface area (TPSA) is 33.2 Å². The third-order valence-corrected chi connectivity index (χ3v) is 2.57. The lowest BCUT2D eigenvalue weighted by Crippen LogP contribution is -2.27. The van der Waals surface area contributed by atoms with Gasteiger partial charge in [-0.25, -0.2) is 9.37 Å². The lowest BCUT2D eigenvalue weighted by atomic mass is 10.2. The molecule has 0 saturated heterocycles. The molecule has 0 spiro atoms. The van der Waals surface area contributed by atoms with E-state index in [2.05, 4.69) is 4.98 Å². The number of carbonyl (C=O) groups excluding carboxylic acids is 1. The van der Waals surface area contributed by atoms with Gasteiger partial charge in [-0.05, 0) is 17.7 Å². The minimum atomic E-state index is -0.595. The fourth-order valence-electron chi connectivity index (χ4n) is 1.65. The van der Waals surface area contributed by atoms with Gasteiger partial charge in [0.2, 0.25) is 0 Å². The van der Waals surface area contributed by atoms with Crippen molar-refractivity contribution in [1.82, 2.24) is 9.88 Å². The molecule has 4 heteroatoms. The Morgan fingerprint density at radius 2 is 1.94 bits per heavy atom. The number of rotatable bonds is 3. The van der Waals surface area contributed by atoms with E-state index in [4.69, 9.17) is 0 Å². The van der Waals surface area contributed by atoms with E-state index in [0.29, 0.717) is 6.54 Å². The molecule has 0 atom stereocenters. The summed E-state index contributed by atoms with van der Waals surface area (Å²) in [5.41, 5.74) is 0.848. The SMILES string of the molecule is CN(Cc1ccccc1)C(=O)c1ncccc1F. The maximum Gasteiger partial charge on any atom is 0.275 e. The van der Waals surface area contributed by atoms with Gasteiger partial charge in [-0.15, -0.1) is 0 Å². The van der Waals surface area contributed by atoms with E-state index >= 15 is 0 Å². The van der Waals surface area contributed by atoms with Gasteiger partial charge in [-0.1, -0.05) is 30.3 Å². The first-order valence-electron chi connectivity index (χ1n) is 5.58. The number of benzene rings is 1. The smallest absolute Gasteiger partial charge is 0.275 e. The number of hydrogen-bond acceptors (Lipinski definition) is 2. The molecule has 0 fully saturated rings. The summed E-state index contributed by atoms with van der Waals surface area (Å²) < 4.78 is 13.4. The second kappa shape index (κ2) is 5.40. The normalized spacial score (nSPS) is 10.1. The predicted molar refractivity (Wildman–Crippen MR) is 66.4 cm³/mol. The van der Waals surface area contributed by atoms with Crippen LogP contribution in [0.2, 0.25) is 0 Å². The zero-order valence-corrected chi connectivity index (χ0v) is 10.0. The number of amides is 1. The summed E-state index contributed by atoms with van der Waals surface area (Å²) in [7, 11) is 1.63. The van der Waals surface area contributed by atoms with Gasteiger partial charge in [-0.3, -0.25) is 4.79 Å². The van der Waals surface area contributed by atoms with Gasteiger partial charge in [-0.2, -0.15) is 0 Å². The van der Waals surface area contributed by atoms with E-state index in [9.17, 15) is 9.18 Å². The Morgan fingerprint density at radius 3 is 2.61 bits per heavy atom. The molecule has 0 bridgehead atoms. The zero-order chi connectivity index (χ0) is 13.0. The largest absolute Gasteiger partial charge is 0.336 e. The molecular weight excluding hydrogens is 231 g/mol. The molecule has 0 saturated carbocycles. The Kier molecular flexibility index (Phi) is 3.67.